The van der Waals surface area contributed by atoms with Crippen molar-refractivity contribution in [2.45, 2.75) is 13.3 Å². The minimum absolute atomic E-state index is 0.123. The Balaban J connectivity index is 2.14. The molecule has 2 aromatic carbocycles. The summed E-state index contributed by atoms with van der Waals surface area (Å²) in [4.78, 5) is 11.2. The Morgan fingerprint density at radius 2 is 1.57 bits per heavy atom. The molecule has 2 rings (SSSR count). The highest BCUT2D eigenvalue weighted by Crippen LogP contribution is 2.24. The molecule has 2 N–H and O–H groups in total. The maximum Gasteiger partial charge on any atom is 0.224 e. The molecule has 2 aromatic rings. The van der Waals surface area contributed by atoms with Crippen molar-refractivity contribution in [1.29, 1.82) is 0 Å². The average Bonchev–Trinajstić information content (AvgIpc) is 2.49. The van der Waals surface area contributed by atoms with Gasteiger partial charge in [0.05, 0.1) is 5.69 Å². The zero-order valence-corrected chi connectivity index (χ0v) is 11.2. The van der Waals surface area contributed by atoms with Gasteiger partial charge in [-0.2, -0.15) is 0 Å². The first-order chi connectivity index (χ1) is 10.0. The fraction of sp³-hybridized carbons (Fsp3) is 0.133. The summed E-state index contributed by atoms with van der Waals surface area (Å²) in [6.07, 6.45) is 0.361. The van der Waals surface area contributed by atoms with Crippen LogP contribution < -0.4 is 10.6 Å². The van der Waals surface area contributed by atoms with Crippen LogP contribution in [0.5, 0.6) is 0 Å². The van der Waals surface area contributed by atoms with E-state index in [4.69, 9.17) is 0 Å². The second-order valence-corrected chi connectivity index (χ2v) is 4.33. The SMILES string of the molecule is CCC(=O)Nc1ccc(Nc2ccc(F)c(F)c2F)cc1. The van der Waals surface area contributed by atoms with E-state index in [1.165, 1.54) is 0 Å². The van der Waals surface area contributed by atoms with Gasteiger partial charge in [0, 0.05) is 17.8 Å². The lowest BCUT2D eigenvalue weighted by molar-refractivity contribution is -0.115. The van der Waals surface area contributed by atoms with Gasteiger partial charge in [-0.25, -0.2) is 13.2 Å². The molecule has 0 bridgehead atoms. The van der Waals surface area contributed by atoms with E-state index in [-0.39, 0.29) is 11.6 Å². The summed E-state index contributed by atoms with van der Waals surface area (Å²) in [6.45, 7) is 1.73. The number of rotatable bonds is 4. The lowest BCUT2D eigenvalue weighted by Gasteiger charge is -2.09. The van der Waals surface area contributed by atoms with Crippen molar-refractivity contribution in [2.24, 2.45) is 0 Å². The van der Waals surface area contributed by atoms with Crippen molar-refractivity contribution >= 4 is 23.0 Å². The monoisotopic (exact) mass is 294 g/mol. The van der Waals surface area contributed by atoms with Gasteiger partial charge in [-0.1, -0.05) is 6.92 Å². The molecule has 0 aliphatic heterocycles. The zero-order valence-electron chi connectivity index (χ0n) is 11.2. The predicted octanol–water partition coefficient (Wildman–Crippen LogP) is 4.20. The van der Waals surface area contributed by atoms with Gasteiger partial charge in [0.25, 0.3) is 0 Å². The predicted molar refractivity (Wildman–Crippen MR) is 75.0 cm³/mol. The van der Waals surface area contributed by atoms with E-state index in [1.54, 1.807) is 31.2 Å². The number of benzene rings is 2. The third-order valence-corrected chi connectivity index (χ3v) is 2.80. The van der Waals surface area contributed by atoms with E-state index >= 15 is 0 Å². The molecule has 0 aliphatic carbocycles. The number of carbonyl (C=O) groups is 1. The number of carbonyl (C=O) groups excluding carboxylic acids is 1. The summed E-state index contributed by atoms with van der Waals surface area (Å²) in [6, 6.07) is 8.37. The molecule has 0 aromatic heterocycles. The summed E-state index contributed by atoms with van der Waals surface area (Å²) >= 11 is 0. The van der Waals surface area contributed by atoms with Crippen LogP contribution in [0.2, 0.25) is 0 Å². The van der Waals surface area contributed by atoms with Crippen molar-refractivity contribution < 1.29 is 18.0 Å². The Labute approximate surface area is 119 Å². The molecule has 110 valence electrons. The lowest BCUT2D eigenvalue weighted by atomic mass is 10.2. The van der Waals surface area contributed by atoms with Gasteiger partial charge < -0.3 is 10.6 Å². The largest absolute Gasteiger partial charge is 0.353 e. The van der Waals surface area contributed by atoms with Crippen molar-refractivity contribution in [3.05, 3.63) is 53.8 Å². The molecule has 0 unspecified atom stereocenters. The normalized spacial score (nSPS) is 10.3. The first kappa shape index (κ1) is 14.9. The van der Waals surface area contributed by atoms with Crippen LogP contribution in [0.4, 0.5) is 30.2 Å². The minimum Gasteiger partial charge on any atom is -0.353 e. The van der Waals surface area contributed by atoms with Crippen LogP contribution in [-0.2, 0) is 4.79 Å². The maximum absolute atomic E-state index is 13.5. The van der Waals surface area contributed by atoms with E-state index in [2.05, 4.69) is 10.6 Å². The first-order valence-corrected chi connectivity index (χ1v) is 6.31. The Hall–Kier alpha value is -2.50. The zero-order chi connectivity index (χ0) is 15.4. The lowest BCUT2D eigenvalue weighted by Crippen LogP contribution is -2.09. The summed E-state index contributed by atoms with van der Waals surface area (Å²) < 4.78 is 39.4. The second-order valence-electron chi connectivity index (χ2n) is 4.33. The molecule has 3 nitrogen and oxygen atoms in total. The Kier molecular flexibility index (Phi) is 4.47. The number of hydrogen-bond donors (Lipinski definition) is 2. The molecule has 1 amide bonds. The summed E-state index contributed by atoms with van der Waals surface area (Å²) in [5.41, 5.74) is 0.909. The van der Waals surface area contributed by atoms with Gasteiger partial charge in [-0.3, -0.25) is 4.79 Å². The van der Waals surface area contributed by atoms with E-state index < -0.39 is 17.5 Å². The van der Waals surface area contributed by atoms with E-state index in [9.17, 15) is 18.0 Å². The first-order valence-electron chi connectivity index (χ1n) is 6.31. The van der Waals surface area contributed by atoms with Crippen molar-refractivity contribution in [3.8, 4) is 0 Å². The number of nitrogens with one attached hydrogen (secondary N) is 2. The van der Waals surface area contributed by atoms with Gasteiger partial charge in [0.2, 0.25) is 5.91 Å². The van der Waals surface area contributed by atoms with Gasteiger partial charge in [-0.15, -0.1) is 0 Å². The highest BCUT2D eigenvalue weighted by atomic mass is 19.2. The summed E-state index contributed by atoms with van der Waals surface area (Å²) in [5.74, 6) is -4.16. The van der Waals surface area contributed by atoms with Crippen LogP contribution in [0, 0.1) is 17.5 Å². The van der Waals surface area contributed by atoms with Gasteiger partial charge in [0.15, 0.2) is 17.5 Å². The molecular formula is C15H13F3N2O. The number of halogens is 3. The molecule has 0 radical (unpaired) electrons. The van der Waals surface area contributed by atoms with Crippen molar-refractivity contribution in [3.63, 3.8) is 0 Å². The smallest absolute Gasteiger partial charge is 0.224 e. The number of anilines is 3. The standard InChI is InChI=1S/C15H13F3N2O/c1-2-13(21)20-10-5-3-9(4-6-10)19-12-8-7-11(16)14(17)15(12)18/h3-8,19H,2H2,1H3,(H,20,21). The van der Waals surface area contributed by atoms with Gasteiger partial charge in [0.1, 0.15) is 0 Å². The quantitative estimate of drug-likeness (QED) is 0.830. The molecule has 0 aliphatic rings. The fourth-order valence-electron chi connectivity index (χ4n) is 1.66. The van der Waals surface area contributed by atoms with Crippen LogP contribution in [0.25, 0.3) is 0 Å². The van der Waals surface area contributed by atoms with Crippen LogP contribution in [-0.4, -0.2) is 5.91 Å². The third-order valence-electron chi connectivity index (χ3n) is 2.80. The Morgan fingerprint density at radius 3 is 2.19 bits per heavy atom. The second kappa shape index (κ2) is 6.30. The molecular weight excluding hydrogens is 281 g/mol. The van der Waals surface area contributed by atoms with E-state index in [0.717, 1.165) is 12.1 Å². The topological polar surface area (TPSA) is 41.1 Å². The molecule has 0 fully saturated rings. The molecule has 0 spiro atoms. The van der Waals surface area contributed by atoms with E-state index in [1.807, 2.05) is 0 Å². The molecule has 0 saturated carbocycles. The van der Waals surface area contributed by atoms with Gasteiger partial charge in [-0.05, 0) is 36.4 Å². The molecule has 0 atom stereocenters. The number of hydrogen-bond acceptors (Lipinski definition) is 2. The van der Waals surface area contributed by atoms with E-state index in [0.29, 0.717) is 17.8 Å². The number of amides is 1. The third kappa shape index (κ3) is 3.53. The molecule has 0 saturated heterocycles. The summed E-state index contributed by atoms with van der Waals surface area (Å²) in [7, 11) is 0. The molecule has 6 heteroatoms. The fourth-order valence-corrected chi connectivity index (χ4v) is 1.66. The van der Waals surface area contributed by atoms with Gasteiger partial charge >= 0.3 is 0 Å². The van der Waals surface area contributed by atoms with Crippen LogP contribution in [0.15, 0.2) is 36.4 Å². The Morgan fingerprint density at radius 1 is 0.952 bits per heavy atom. The van der Waals surface area contributed by atoms with Crippen molar-refractivity contribution in [1.82, 2.24) is 0 Å². The summed E-state index contributed by atoms with van der Waals surface area (Å²) in [5, 5.41) is 5.30. The molecule has 21 heavy (non-hydrogen) atoms. The van der Waals surface area contributed by atoms with Crippen LogP contribution >= 0.6 is 0 Å². The Bertz CT molecular complexity index is 657. The van der Waals surface area contributed by atoms with Crippen LogP contribution in [0.1, 0.15) is 13.3 Å². The molecule has 0 heterocycles. The highest BCUT2D eigenvalue weighted by molar-refractivity contribution is 5.90. The average molecular weight is 294 g/mol. The highest BCUT2D eigenvalue weighted by Gasteiger charge is 2.13. The van der Waals surface area contributed by atoms with Crippen LogP contribution in [0.3, 0.4) is 0 Å². The minimum atomic E-state index is -1.52. The maximum atomic E-state index is 13.5. The van der Waals surface area contributed by atoms with Crippen molar-refractivity contribution in [2.75, 3.05) is 10.6 Å².